The normalized spacial score (nSPS) is 12.1. The van der Waals surface area contributed by atoms with Gasteiger partial charge in [0.05, 0.1) is 12.2 Å². The van der Waals surface area contributed by atoms with Gasteiger partial charge >= 0.3 is 0 Å². The zero-order valence-corrected chi connectivity index (χ0v) is 20.5. The Hall–Kier alpha value is -3.52. The molecule has 7 nitrogen and oxygen atoms in total. The third kappa shape index (κ3) is 4.87. The van der Waals surface area contributed by atoms with Crippen LogP contribution < -0.4 is 11.1 Å². The lowest BCUT2D eigenvalue weighted by Gasteiger charge is -2.19. The molecular formula is C26H29N5O2S. The standard InChI is InChI=1S/C26H29N5O2S/c1-4-6-18-8-10-19(11-9-18)24(22-7-5-14-34-22)30-23(32)13-12-20-16(2)29-26-21(25(27)33)15-28-31(26)17(20)3/h5,7-11,14-15,24H,4,6,12-13H2,1-3H3,(H2,27,33)(H,30,32). The van der Waals surface area contributed by atoms with Crippen LogP contribution in [-0.2, 0) is 17.6 Å². The number of benzene rings is 1. The van der Waals surface area contributed by atoms with Crippen LogP contribution in [-0.4, -0.2) is 26.4 Å². The number of primary amides is 1. The van der Waals surface area contributed by atoms with Crippen molar-refractivity contribution in [3.05, 3.63) is 86.5 Å². The average molecular weight is 476 g/mol. The second-order valence-electron chi connectivity index (χ2n) is 8.43. The van der Waals surface area contributed by atoms with Gasteiger partial charge in [0.1, 0.15) is 5.56 Å². The minimum Gasteiger partial charge on any atom is -0.365 e. The first-order chi connectivity index (χ1) is 16.4. The smallest absolute Gasteiger partial charge is 0.254 e. The van der Waals surface area contributed by atoms with Crippen molar-refractivity contribution in [2.75, 3.05) is 0 Å². The molecule has 0 fully saturated rings. The van der Waals surface area contributed by atoms with E-state index in [2.05, 4.69) is 52.7 Å². The van der Waals surface area contributed by atoms with E-state index < -0.39 is 5.91 Å². The number of aromatic nitrogens is 3. The van der Waals surface area contributed by atoms with Crippen LogP contribution in [0.25, 0.3) is 5.65 Å². The lowest BCUT2D eigenvalue weighted by Crippen LogP contribution is -2.29. The second kappa shape index (κ2) is 10.2. The molecule has 1 atom stereocenters. The van der Waals surface area contributed by atoms with E-state index in [0.717, 1.165) is 40.2 Å². The van der Waals surface area contributed by atoms with Crippen molar-refractivity contribution in [3.63, 3.8) is 0 Å². The molecule has 3 heterocycles. The lowest BCUT2D eigenvalue weighted by atomic mass is 10.0. The Bertz CT molecular complexity index is 1310. The molecule has 0 saturated carbocycles. The molecule has 0 aliphatic carbocycles. The summed E-state index contributed by atoms with van der Waals surface area (Å²) in [6, 6.07) is 12.4. The summed E-state index contributed by atoms with van der Waals surface area (Å²) in [4.78, 5) is 30.3. The molecule has 4 rings (SSSR count). The number of hydrogen-bond donors (Lipinski definition) is 2. The van der Waals surface area contributed by atoms with Crippen molar-refractivity contribution < 1.29 is 9.59 Å². The first-order valence-corrected chi connectivity index (χ1v) is 12.3. The molecule has 3 N–H and O–H groups in total. The number of thiophene rings is 1. The quantitative estimate of drug-likeness (QED) is 0.377. The van der Waals surface area contributed by atoms with Gasteiger partial charge in [-0.25, -0.2) is 9.50 Å². The van der Waals surface area contributed by atoms with Crippen molar-refractivity contribution in [3.8, 4) is 0 Å². The molecule has 0 saturated heterocycles. The fourth-order valence-corrected chi connectivity index (χ4v) is 5.06. The van der Waals surface area contributed by atoms with Gasteiger partial charge in [0.2, 0.25) is 5.91 Å². The van der Waals surface area contributed by atoms with Crippen LogP contribution in [0.1, 0.15) is 69.1 Å². The van der Waals surface area contributed by atoms with Crippen LogP contribution >= 0.6 is 11.3 Å². The molecule has 3 aromatic heterocycles. The third-order valence-corrected chi connectivity index (χ3v) is 7.00. The summed E-state index contributed by atoms with van der Waals surface area (Å²) in [6.45, 7) is 5.96. The van der Waals surface area contributed by atoms with E-state index in [1.165, 1.54) is 11.8 Å². The van der Waals surface area contributed by atoms with Gasteiger partial charge in [-0.15, -0.1) is 11.3 Å². The summed E-state index contributed by atoms with van der Waals surface area (Å²) in [5, 5.41) is 9.51. The predicted octanol–water partition coefficient (Wildman–Crippen LogP) is 4.30. The van der Waals surface area contributed by atoms with Crippen LogP contribution in [0.2, 0.25) is 0 Å². The summed E-state index contributed by atoms with van der Waals surface area (Å²) in [7, 11) is 0. The van der Waals surface area contributed by atoms with E-state index in [0.29, 0.717) is 24.1 Å². The highest BCUT2D eigenvalue weighted by molar-refractivity contribution is 7.10. The Labute approximate surface area is 203 Å². The number of hydrogen-bond acceptors (Lipinski definition) is 5. The SMILES string of the molecule is CCCc1ccc(C(NC(=O)CCc2c(C)nc3c(C(N)=O)cnn3c2C)c2cccs2)cc1. The van der Waals surface area contributed by atoms with Crippen molar-refractivity contribution >= 4 is 28.8 Å². The first kappa shape index (κ1) is 23.6. The minimum absolute atomic E-state index is 0.0341. The molecule has 0 bridgehead atoms. The second-order valence-corrected chi connectivity index (χ2v) is 9.41. The van der Waals surface area contributed by atoms with Crippen LogP contribution in [0.15, 0.2) is 48.0 Å². The van der Waals surface area contributed by atoms with Crippen LogP contribution in [0.5, 0.6) is 0 Å². The van der Waals surface area contributed by atoms with Crippen molar-refractivity contribution in [1.82, 2.24) is 19.9 Å². The maximum atomic E-state index is 13.0. The third-order valence-electron chi connectivity index (χ3n) is 6.06. The number of fused-ring (bicyclic) bond motifs is 1. The van der Waals surface area contributed by atoms with E-state index in [1.807, 2.05) is 25.3 Å². The molecule has 34 heavy (non-hydrogen) atoms. The summed E-state index contributed by atoms with van der Waals surface area (Å²) >= 11 is 1.63. The number of aryl methyl sites for hydroxylation is 3. The van der Waals surface area contributed by atoms with Crippen LogP contribution in [0.4, 0.5) is 0 Å². The van der Waals surface area contributed by atoms with Gasteiger partial charge in [-0.1, -0.05) is 43.7 Å². The molecule has 0 radical (unpaired) electrons. The number of nitrogens with zero attached hydrogens (tertiary/aromatic N) is 3. The summed E-state index contributed by atoms with van der Waals surface area (Å²) < 4.78 is 1.62. The summed E-state index contributed by atoms with van der Waals surface area (Å²) in [6.07, 6.45) is 4.42. The van der Waals surface area contributed by atoms with Crippen molar-refractivity contribution in [2.24, 2.45) is 5.73 Å². The van der Waals surface area contributed by atoms with E-state index in [9.17, 15) is 9.59 Å². The van der Waals surface area contributed by atoms with Gasteiger partial charge in [0.25, 0.3) is 5.91 Å². The maximum absolute atomic E-state index is 13.0. The summed E-state index contributed by atoms with van der Waals surface area (Å²) in [5.41, 5.74) is 11.1. The molecule has 0 spiro atoms. The number of carbonyl (C=O) groups is 2. The topological polar surface area (TPSA) is 102 Å². The largest absolute Gasteiger partial charge is 0.365 e. The Morgan fingerprint density at radius 2 is 1.91 bits per heavy atom. The lowest BCUT2D eigenvalue weighted by molar-refractivity contribution is -0.121. The molecule has 4 aromatic rings. The number of nitrogens with two attached hydrogens (primary N) is 1. The highest BCUT2D eigenvalue weighted by atomic mass is 32.1. The Balaban J connectivity index is 1.51. The van der Waals surface area contributed by atoms with Gasteiger partial charge in [-0.2, -0.15) is 5.10 Å². The Morgan fingerprint density at radius 1 is 1.15 bits per heavy atom. The fraction of sp³-hybridized carbons (Fsp3) is 0.308. The van der Waals surface area contributed by atoms with Crippen molar-refractivity contribution in [2.45, 2.75) is 52.5 Å². The Kier molecular flexibility index (Phi) is 7.07. The van der Waals surface area contributed by atoms with Crippen LogP contribution in [0, 0.1) is 13.8 Å². The zero-order valence-electron chi connectivity index (χ0n) is 19.7. The van der Waals surface area contributed by atoms with E-state index in [4.69, 9.17) is 5.73 Å². The average Bonchev–Trinajstić information content (AvgIpc) is 3.48. The molecule has 176 valence electrons. The highest BCUT2D eigenvalue weighted by Crippen LogP contribution is 2.27. The monoisotopic (exact) mass is 475 g/mol. The van der Waals surface area contributed by atoms with Gasteiger partial charge < -0.3 is 11.1 Å². The molecule has 0 aliphatic heterocycles. The number of nitrogens with one attached hydrogen (secondary N) is 1. The number of rotatable bonds is 9. The van der Waals surface area contributed by atoms with Crippen LogP contribution in [0.3, 0.4) is 0 Å². The van der Waals surface area contributed by atoms with Gasteiger partial charge in [-0.3, -0.25) is 9.59 Å². The minimum atomic E-state index is -0.559. The number of carbonyl (C=O) groups excluding carboxylic acids is 2. The molecule has 8 heteroatoms. The predicted molar refractivity (Wildman–Crippen MR) is 134 cm³/mol. The van der Waals surface area contributed by atoms with E-state index >= 15 is 0 Å². The first-order valence-electron chi connectivity index (χ1n) is 11.4. The van der Waals surface area contributed by atoms with Gasteiger partial charge in [-0.05, 0) is 54.8 Å². The van der Waals surface area contributed by atoms with Gasteiger partial charge in [0, 0.05) is 22.7 Å². The highest BCUT2D eigenvalue weighted by Gasteiger charge is 2.20. The molecular weight excluding hydrogens is 446 g/mol. The number of amides is 2. The van der Waals surface area contributed by atoms with Gasteiger partial charge in [0.15, 0.2) is 5.65 Å². The molecule has 1 unspecified atom stereocenters. The molecule has 1 aromatic carbocycles. The Morgan fingerprint density at radius 3 is 2.56 bits per heavy atom. The van der Waals surface area contributed by atoms with E-state index in [-0.39, 0.29) is 11.9 Å². The summed E-state index contributed by atoms with van der Waals surface area (Å²) in [5.74, 6) is -0.594. The van der Waals surface area contributed by atoms with E-state index in [1.54, 1.807) is 15.9 Å². The molecule has 2 amide bonds. The maximum Gasteiger partial charge on any atom is 0.254 e. The fourth-order valence-electron chi connectivity index (χ4n) is 4.26. The molecule has 0 aliphatic rings. The zero-order chi connectivity index (χ0) is 24.2. The van der Waals surface area contributed by atoms with Crippen molar-refractivity contribution in [1.29, 1.82) is 0 Å².